The van der Waals surface area contributed by atoms with Crippen LogP contribution in [-0.2, 0) is 36.0 Å². The molecule has 1 saturated heterocycles. The predicted octanol–water partition coefficient (Wildman–Crippen LogP) is 4.12. The van der Waals surface area contributed by atoms with E-state index in [0.29, 0.717) is 39.3 Å². The van der Waals surface area contributed by atoms with Gasteiger partial charge < -0.3 is 14.5 Å². The number of aromatic nitrogens is 4. The second kappa shape index (κ2) is 9.55. The topological polar surface area (TPSA) is 68.4 Å². The summed E-state index contributed by atoms with van der Waals surface area (Å²) < 4.78 is 36.7. The maximum Gasteiger partial charge on any atom is 0.239 e. The molecule has 196 valence electrons. The first-order chi connectivity index (χ1) is 17.9. The van der Waals surface area contributed by atoms with Gasteiger partial charge in [-0.25, -0.2) is 8.78 Å². The molecule has 1 amide bonds. The fraction of sp³-hybridized carbons (Fsp3) is 0.519. The van der Waals surface area contributed by atoms with Crippen molar-refractivity contribution in [1.82, 2.24) is 24.5 Å². The summed E-state index contributed by atoms with van der Waals surface area (Å²) in [6, 6.07) is 6.39. The molecule has 37 heavy (non-hydrogen) atoms. The Bertz CT molecular complexity index is 1310. The molecular formula is C27H32F2N6O2. The fourth-order valence-corrected chi connectivity index (χ4v) is 6.04. The van der Waals surface area contributed by atoms with Crippen LogP contribution in [0.4, 0.5) is 20.3 Å². The zero-order chi connectivity index (χ0) is 25.7. The van der Waals surface area contributed by atoms with Crippen LogP contribution in [0.1, 0.15) is 42.6 Å². The van der Waals surface area contributed by atoms with Gasteiger partial charge in [-0.05, 0) is 42.0 Å². The highest BCUT2D eigenvalue weighted by Gasteiger charge is 2.36. The number of carbonyl (C=O) groups is 1. The summed E-state index contributed by atoms with van der Waals surface area (Å²) in [5.41, 5.74) is 6.19. The first-order valence-corrected chi connectivity index (χ1v) is 13.0. The zero-order valence-corrected chi connectivity index (χ0v) is 21.2. The third kappa shape index (κ3) is 4.52. The van der Waals surface area contributed by atoms with E-state index in [1.807, 2.05) is 24.3 Å². The Kier molecular flexibility index (Phi) is 6.22. The minimum absolute atomic E-state index is 0.0317. The second-order valence-corrected chi connectivity index (χ2v) is 10.5. The monoisotopic (exact) mass is 510 g/mol. The molecule has 0 saturated carbocycles. The summed E-state index contributed by atoms with van der Waals surface area (Å²) in [4.78, 5) is 16.2. The molecule has 10 heteroatoms. The van der Waals surface area contributed by atoms with Crippen molar-refractivity contribution in [2.45, 2.75) is 51.6 Å². The molecule has 0 N–H and O–H groups in total. The van der Waals surface area contributed by atoms with E-state index in [9.17, 15) is 13.6 Å². The Hall–Kier alpha value is -3.27. The van der Waals surface area contributed by atoms with Crippen LogP contribution in [0.15, 0.2) is 30.6 Å². The number of benzene rings is 1. The first kappa shape index (κ1) is 24.1. The summed E-state index contributed by atoms with van der Waals surface area (Å²) in [5.74, 6) is 0.603. The molecule has 0 spiro atoms. The first-order valence-electron chi connectivity index (χ1n) is 13.0. The maximum atomic E-state index is 13.6. The van der Waals surface area contributed by atoms with E-state index in [2.05, 4.69) is 32.9 Å². The van der Waals surface area contributed by atoms with E-state index in [4.69, 9.17) is 9.84 Å². The second-order valence-electron chi connectivity index (χ2n) is 10.5. The van der Waals surface area contributed by atoms with Crippen LogP contribution in [0, 0.1) is 5.92 Å². The van der Waals surface area contributed by atoms with Crippen LogP contribution < -0.4 is 4.90 Å². The van der Waals surface area contributed by atoms with Crippen molar-refractivity contribution in [3.8, 4) is 11.1 Å². The lowest BCUT2D eigenvalue weighted by Crippen LogP contribution is -2.37. The third-order valence-corrected chi connectivity index (χ3v) is 7.89. The molecule has 2 atom stereocenters. The maximum absolute atomic E-state index is 13.6. The number of aryl methyl sites for hydroxylation is 1. The van der Waals surface area contributed by atoms with Gasteiger partial charge in [0.1, 0.15) is 0 Å². The highest BCUT2D eigenvalue weighted by atomic mass is 19.3. The Morgan fingerprint density at radius 3 is 2.84 bits per heavy atom. The van der Waals surface area contributed by atoms with Crippen molar-refractivity contribution >= 4 is 17.4 Å². The number of fused-ring (bicyclic) bond motifs is 2. The highest BCUT2D eigenvalue weighted by Crippen LogP contribution is 2.42. The van der Waals surface area contributed by atoms with Crippen molar-refractivity contribution in [3.63, 3.8) is 0 Å². The molecule has 1 unspecified atom stereocenters. The fourth-order valence-electron chi connectivity index (χ4n) is 6.04. The summed E-state index contributed by atoms with van der Waals surface area (Å²) in [7, 11) is 1.88. The Labute approximate surface area is 214 Å². The minimum atomic E-state index is -2.37. The number of amides is 1. The summed E-state index contributed by atoms with van der Waals surface area (Å²) in [6.45, 7) is 4.51. The summed E-state index contributed by atoms with van der Waals surface area (Å²) in [5, 5.41) is 9.40. The lowest BCUT2D eigenvalue weighted by molar-refractivity contribution is -0.129. The van der Waals surface area contributed by atoms with Crippen molar-refractivity contribution in [3.05, 3.63) is 47.4 Å². The summed E-state index contributed by atoms with van der Waals surface area (Å²) in [6.07, 6.45) is 3.44. The van der Waals surface area contributed by atoms with Gasteiger partial charge in [0.25, 0.3) is 0 Å². The van der Waals surface area contributed by atoms with Crippen LogP contribution in [-0.4, -0.2) is 63.1 Å². The molecule has 3 aliphatic heterocycles. The van der Waals surface area contributed by atoms with Gasteiger partial charge in [0.05, 0.1) is 25.4 Å². The zero-order valence-electron chi connectivity index (χ0n) is 21.2. The molecule has 3 aromatic rings. The Morgan fingerprint density at radius 2 is 2.14 bits per heavy atom. The number of ether oxygens (including phenoxy) is 1. The molecule has 1 aromatic carbocycles. The predicted molar refractivity (Wildman–Crippen MR) is 135 cm³/mol. The van der Waals surface area contributed by atoms with Gasteiger partial charge in [0.15, 0.2) is 5.82 Å². The molecule has 0 aliphatic carbocycles. The van der Waals surface area contributed by atoms with E-state index in [-0.39, 0.29) is 24.3 Å². The van der Waals surface area contributed by atoms with E-state index in [1.54, 1.807) is 11.6 Å². The van der Waals surface area contributed by atoms with Gasteiger partial charge in [-0.1, -0.05) is 6.07 Å². The molecule has 8 nitrogen and oxygen atoms in total. The molecular weight excluding hydrogens is 478 g/mol. The van der Waals surface area contributed by atoms with Crippen molar-refractivity contribution in [2.75, 3.05) is 31.2 Å². The Morgan fingerprint density at radius 1 is 1.27 bits per heavy atom. The molecule has 1 fully saturated rings. The van der Waals surface area contributed by atoms with Gasteiger partial charge in [0, 0.05) is 75.2 Å². The van der Waals surface area contributed by atoms with Crippen LogP contribution in [0.25, 0.3) is 11.1 Å². The number of alkyl halides is 2. The quantitative estimate of drug-likeness (QED) is 0.517. The molecule has 5 heterocycles. The van der Waals surface area contributed by atoms with Crippen molar-refractivity contribution < 1.29 is 18.3 Å². The molecule has 3 aliphatic rings. The van der Waals surface area contributed by atoms with Crippen molar-refractivity contribution in [1.29, 1.82) is 0 Å². The number of halogens is 2. The molecule has 0 radical (unpaired) electrons. The number of nitrogens with zero attached hydrogens (tertiary/aromatic N) is 6. The van der Waals surface area contributed by atoms with Gasteiger partial charge in [-0.3, -0.25) is 14.2 Å². The molecule has 6 rings (SSSR count). The standard InChI is InChI=1S/C27H32F2N6O2/c1-17(36)33-7-5-25-23(15-33)27(31-35(25)22-6-8-37-16-22)34-13-18(10-26(28)29)9-20-11-19(3-4-24(20)34)21-12-30-32(2)14-21/h3-4,11-12,14,18,22,26H,5-10,13,15-16H2,1-2H3/t18?,22-/m1/s1. The van der Waals surface area contributed by atoms with E-state index in [0.717, 1.165) is 52.3 Å². The largest absolute Gasteiger partial charge is 0.379 e. The lowest BCUT2D eigenvalue weighted by atomic mass is 9.88. The Balaban J connectivity index is 1.45. The summed E-state index contributed by atoms with van der Waals surface area (Å²) >= 11 is 0. The van der Waals surface area contributed by atoms with Gasteiger partial charge in [0.2, 0.25) is 12.3 Å². The normalized spacial score (nSPS) is 21.4. The van der Waals surface area contributed by atoms with E-state index < -0.39 is 6.43 Å². The number of anilines is 2. The number of rotatable bonds is 5. The van der Waals surface area contributed by atoms with E-state index in [1.165, 1.54) is 0 Å². The van der Waals surface area contributed by atoms with Crippen LogP contribution >= 0.6 is 0 Å². The van der Waals surface area contributed by atoms with Crippen LogP contribution in [0.3, 0.4) is 0 Å². The van der Waals surface area contributed by atoms with Gasteiger partial charge in [-0.2, -0.15) is 10.2 Å². The van der Waals surface area contributed by atoms with Gasteiger partial charge in [-0.15, -0.1) is 0 Å². The molecule has 0 bridgehead atoms. The number of hydrogen-bond acceptors (Lipinski definition) is 5. The minimum Gasteiger partial charge on any atom is -0.379 e. The van der Waals surface area contributed by atoms with Crippen LogP contribution in [0.2, 0.25) is 0 Å². The van der Waals surface area contributed by atoms with E-state index >= 15 is 0 Å². The SMILES string of the molecule is CC(=O)N1CCc2c(c(N3CC(CC(F)F)Cc4cc(-c5cnn(C)c5)ccc43)nn2[C@@H]2CCOC2)C1. The lowest BCUT2D eigenvalue weighted by Gasteiger charge is -2.36. The smallest absolute Gasteiger partial charge is 0.239 e. The van der Waals surface area contributed by atoms with Gasteiger partial charge >= 0.3 is 0 Å². The van der Waals surface area contributed by atoms with Crippen LogP contribution in [0.5, 0.6) is 0 Å². The number of hydrogen-bond donors (Lipinski definition) is 0. The highest BCUT2D eigenvalue weighted by molar-refractivity contribution is 5.76. The van der Waals surface area contributed by atoms with Crippen molar-refractivity contribution in [2.24, 2.45) is 13.0 Å². The third-order valence-electron chi connectivity index (χ3n) is 7.89. The number of carbonyl (C=O) groups excluding carboxylic acids is 1. The average Bonchev–Trinajstić information content (AvgIpc) is 3.62. The average molecular weight is 511 g/mol. The molecule has 2 aromatic heterocycles.